The SMILES string of the molecule is C.CC(C)[C@H](CN1CC[C@H](c2ccc(Cl)cc2)C(C)(C)C1)NCCC12CC3CC(CC(C3)C1)C2.O.O.O. The van der Waals surface area contributed by atoms with Crippen molar-refractivity contribution >= 4 is 11.6 Å². The molecule has 0 spiro atoms. The Kier molecular flexibility index (Phi) is 12.6. The third-order valence-corrected chi connectivity index (χ3v) is 10.3. The molecule has 5 aliphatic rings. The summed E-state index contributed by atoms with van der Waals surface area (Å²) in [4.78, 5) is 2.74. The van der Waals surface area contributed by atoms with Gasteiger partial charge in [0, 0.05) is 24.2 Å². The molecule has 1 aliphatic heterocycles. The lowest BCUT2D eigenvalue weighted by Crippen LogP contribution is -2.52. The third kappa shape index (κ3) is 7.70. The normalized spacial score (nSPS) is 32.5. The van der Waals surface area contributed by atoms with Crippen LogP contribution >= 0.6 is 11.6 Å². The minimum absolute atomic E-state index is 0. The maximum Gasteiger partial charge on any atom is 0.0406 e. The van der Waals surface area contributed by atoms with Crippen LogP contribution in [0.1, 0.15) is 98.0 Å². The van der Waals surface area contributed by atoms with Crippen LogP contribution < -0.4 is 5.32 Å². The molecule has 0 aromatic heterocycles. The van der Waals surface area contributed by atoms with Crippen molar-refractivity contribution in [2.45, 2.75) is 98.4 Å². The Balaban J connectivity index is 0.00000171. The van der Waals surface area contributed by atoms with Crippen LogP contribution in [0.15, 0.2) is 24.3 Å². The van der Waals surface area contributed by atoms with Gasteiger partial charge in [-0.1, -0.05) is 58.9 Å². The summed E-state index contributed by atoms with van der Waals surface area (Å²) in [6, 6.07) is 9.20. The topological polar surface area (TPSA) is 110 Å². The summed E-state index contributed by atoms with van der Waals surface area (Å²) in [6.07, 6.45) is 12.0. The van der Waals surface area contributed by atoms with Gasteiger partial charge in [-0.25, -0.2) is 0 Å². The van der Waals surface area contributed by atoms with Crippen LogP contribution in [0.5, 0.6) is 0 Å². The molecule has 1 heterocycles. The highest BCUT2D eigenvalue weighted by atomic mass is 35.5. The van der Waals surface area contributed by atoms with Crippen LogP contribution in [-0.4, -0.2) is 53.5 Å². The van der Waals surface area contributed by atoms with Crippen molar-refractivity contribution in [3.63, 3.8) is 0 Å². The summed E-state index contributed by atoms with van der Waals surface area (Å²) < 4.78 is 0. The highest BCUT2D eigenvalue weighted by molar-refractivity contribution is 6.30. The summed E-state index contributed by atoms with van der Waals surface area (Å²) in [5, 5.41) is 4.90. The second-order valence-corrected chi connectivity index (χ2v) is 14.0. The predicted molar refractivity (Wildman–Crippen MR) is 158 cm³/mol. The number of hydrogen-bond donors (Lipinski definition) is 1. The number of rotatable bonds is 8. The average Bonchev–Trinajstić information content (AvgIpc) is 2.72. The molecule has 2 atom stereocenters. The molecule has 216 valence electrons. The van der Waals surface area contributed by atoms with E-state index in [0.29, 0.717) is 23.3 Å². The molecule has 7 N–H and O–H groups in total. The van der Waals surface area contributed by atoms with Crippen LogP contribution in [0.4, 0.5) is 0 Å². The number of nitrogens with one attached hydrogen (secondary N) is 1. The molecule has 0 amide bonds. The first kappa shape index (κ1) is 34.3. The summed E-state index contributed by atoms with van der Waals surface area (Å²) in [6.45, 7) is 14.5. The molecule has 6 rings (SSSR count). The lowest BCUT2D eigenvalue weighted by Gasteiger charge is -2.57. The fraction of sp³-hybridized carbons (Fsp3) is 0.806. The van der Waals surface area contributed by atoms with Gasteiger partial charge >= 0.3 is 0 Å². The minimum Gasteiger partial charge on any atom is -0.412 e. The molecule has 1 aromatic rings. The van der Waals surface area contributed by atoms with Gasteiger partial charge in [-0.2, -0.15) is 0 Å². The predicted octanol–water partition coefficient (Wildman–Crippen LogP) is 5.54. The van der Waals surface area contributed by atoms with Crippen molar-refractivity contribution in [2.24, 2.45) is 34.5 Å². The van der Waals surface area contributed by atoms with E-state index in [2.05, 4.69) is 62.2 Å². The summed E-state index contributed by atoms with van der Waals surface area (Å²) >= 11 is 6.15. The number of hydrogen-bond acceptors (Lipinski definition) is 2. The Morgan fingerprint density at radius 2 is 1.49 bits per heavy atom. The second-order valence-electron chi connectivity index (χ2n) is 13.6. The molecule has 5 nitrogen and oxygen atoms in total. The first-order valence-electron chi connectivity index (χ1n) is 13.9. The minimum atomic E-state index is 0. The molecule has 6 heteroatoms. The van der Waals surface area contributed by atoms with E-state index in [9.17, 15) is 0 Å². The lowest BCUT2D eigenvalue weighted by atomic mass is 9.49. The molecular formula is C31H57ClN2O3. The van der Waals surface area contributed by atoms with Gasteiger partial charge in [-0.05, 0) is 123 Å². The second kappa shape index (κ2) is 13.6. The highest BCUT2D eigenvalue weighted by Gasteiger charge is 2.50. The molecule has 37 heavy (non-hydrogen) atoms. The molecule has 1 aromatic carbocycles. The first-order valence-corrected chi connectivity index (χ1v) is 14.3. The van der Waals surface area contributed by atoms with Crippen LogP contribution in [0.2, 0.25) is 5.02 Å². The standard InChI is InChI=1S/C30H47ClN2.CH4.3H2O/c1-21(2)28(32-11-10-30-16-22-13-23(17-30)15-24(14-22)18-30)19-33-12-9-27(29(3,4)20-33)25-5-7-26(31)8-6-25;;;;/h5-8,21-24,27-28,32H,9-20H2,1-4H3;1H4;3*1H2/t22?,23?,24?,27-,28+,30?;;;;/m1..../s1. The van der Waals surface area contributed by atoms with Crippen LogP contribution in [-0.2, 0) is 0 Å². The Labute approximate surface area is 232 Å². The quantitative estimate of drug-likeness (QED) is 0.467. The van der Waals surface area contributed by atoms with Gasteiger partial charge in [0.2, 0.25) is 0 Å². The summed E-state index contributed by atoms with van der Waals surface area (Å²) in [5.74, 6) is 4.51. The number of piperidine rings is 1. The lowest BCUT2D eigenvalue weighted by molar-refractivity contribution is -0.0572. The van der Waals surface area contributed by atoms with Gasteiger partial charge in [0.25, 0.3) is 0 Å². The number of benzene rings is 1. The van der Waals surface area contributed by atoms with Crippen molar-refractivity contribution in [3.05, 3.63) is 34.9 Å². The molecule has 0 unspecified atom stereocenters. The van der Waals surface area contributed by atoms with Gasteiger partial charge in [-0.15, -0.1) is 0 Å². The molecule has 4 aliphatic carbocycles. The van der Waals surface area contributed by atoms with E-state index in [1.165, 1.54) is 44.6 Å². The van der Waals surface area contributed by atoms with Gasteiger partial charge in [0.15, 0.2) is 0 Å². The largest absolute Gasteiger partial charge is 0.412 e. The Bertz CT molecular complexity index is 778. The van der Waals surface area contributed by atoms with Gasteiger partial charge in [0.1, 0.15) is 0 Å². The van der Waals surface area contributed by atoms with E-state index in [4.69, 9.17) is 11.6 Å². The van der Waals surface area contributed by atoms with Gasteiger partial charge in [0.05, 0.1) is 0 Å². The van der Waals surface area contributed by atoms with Crippen molar-refractivity contribution < 1.29 is 16.4 Å². The first-order chi connectivity index (χ1) is 15.7. The Morgan fingerprint density at radius 3 is 1.97 bits per heavy atom. The summed E-state index contributed by atoms with van der Waals surface area (Å²) in [5.41, 5.74) is 2.44. The fourth-order valence-electron chi connectivity index (χ4n) is 8.84. The maximum atomic E-state index is 6.15. The number of halogens is 1. The molecule has 1 saturated heterocycles. The van der Waals surface area contributed by atoms with Crippen molar-refractivity contribution in [1.82, 2.24) is 10.2 Å². The van der Waals surface area contributed by atoms with Crippen LogP contribution in [0.25, 0.3) is 0 Å². The maximum absolute atomic E-state index is 6.15. The molecule has 4 saturated carbocycles. The van der Waals surface area contributed by atoms with Crippen LogP contribution in [0, 0.1) is 34.5 Å². The molecule has 0 radical (unpaired) electrons. The molecular weight excluding hydrogens is 484 g/mol. The zero-order valence-electron chi connectivity index (χ0n) is 23.1. The monoisotopic (exact) mass is 540 g/mol. The molecule has 5 fully saturated rings. The van der Waals surface area contributed by atoms with E-state index >= 15 is 0 Å². The van der Waals surface area contributed by atoms with E-state index < -0.39 is 0 Å². The van der Waals surface area contributed by atoms with E-state index in [-0.39, 0.29) is 29.3 Å². The van der Waals surface area contributed by atoms with Crippen molar-refractivity contribution in [1.29, 1.82) is 0 Å². The number of nitrogens with zero attached hydrogens (tertiary/aromatic N) is 1. The highest BCUT2D eigenvalue weighted by Crippen LogP contribution is 2.61. The van der Waals surface area contributed by atoms with E-state index in [1.807, 2.05) is 0 Å². The zero-order valence-corrected chi connectivity index (χ0v) is 23.8. The Morgan fingerprint density at radius 1 is 0.946 bits per heavy atom. The smallest absolute Gasteiger partial charge is 0.0406 e. The zero-order chi connectivity index (χ0) is 23.2. The van der Waals surface area contributed by atoms with E-state index in [1.54, 1.807) is 38.5 Å². The van der Waals surface area contributed by atoms with Crippen molar-refractivity contribution in [2.75, 3.05) is 26.2 Å². The third-order valence-electron chi connectivity index (χ3n) is 10.1. The summed E-state index contributed by atoms with van der Waals surface area (Å²) in [7, 11) is 0. The van der Waals surface area contributed by atoms with Crippen LogP contribution in [0.3, 0.4) is 0 Å². The van der Waals surface area contributed by atoms with E-state index in [0.717, 1.165) is 22.8 Å². The number of likely N-dealkylation sites (tertiary alicyclic amines) is 1. The van der Waals surface area contributed by atoms with Crippen molar-refractivity contribution in [3.8, 4) is 0 Å². The van der Waals surface area contributed by atoms with Gasteiger partial charge in [-0.3, -0.25) is 0 Å². The Hall–Kier alpha value is -0.690. The molecule has 4 bridgehead atoms. The fourth-order valence-corrected chi connectivity index (χ4v) is 8.97. The van der Waals surface area contributed by atoms with Gasteiger partial charge < -0.3 is 26.6 Å². The average molecular weight is 541 g/mol.